The Balaban J connectivity index is 0.00000300. The monoisotopic (exact) mass is 506 g/mol. The van der Waals surface area contributed by atoms with Crippen LogP contribution in [0.1, 0.15) is 16.7 Å². The number of nitrogens with one attached hydrogen (secondary N) is 2. The highest BCUT2D eigenvalue weighted by Gasteiger charge is 2.01. The van der Waals surface area contributed by atoms with Crippen LogP contribution in [-0.4, -0.2) is 40.9 Å². The van der Waals surface area contributed by atoms with Gasteiger partial charge in [0.15, 0.2) is 5.96 Å². The van der Waals surface area contributed by atoms with Crippen molar-refractivity contribution in [1.29, 1.82) is 0 Å². The first-order valence-electron chi connectivity index (χ1n) is 9.27. The SMILES string of the molecule is CN=C(NCCOc1ccc(C)cc1)NCc1cccc(Cn2cncn2)c1.I. The van der Waals surface area contributed by atoms with Gasteiger partial charge in [-0.2, -0.15) is 5.10 Å². The molecule has 0 bridgehead atoms. The quantitative estimate of drug-likeness (QED) is 0.213. The van der Waals surface area contributed by atoms with E-state index in [2.05, 4.69) is 56.9 Å². The third-order valence-corrected chi connectivity index (χ3v) is 4.17. The van der Waals surface area contributed by atoms with Crippen LogP contribution in [0.5, 0.6) is 5.75 Å². The number of hydrogen-bond acceptors (Lipinski definition) is 4. The molecule has 0 fully saturated rings. The lowest BCUT2D eigenvalue weighted by molar-refractivity contribution is 0.322. The van der Waals surface area contributed by atoms with Crippen molar-refractivity contribution in [1.82, 2.24) is 25.4 Å². The van der Waals surface area contributed by atoms with Crippen molar-refractivity contribution >= 4 is 29.9 Å². The Bertz CT molecular complexity index is 880. The molecule has 2 N–H and O–H groups in total. The molecule has 0 atom stereocenters. The summed E-state index contributed by atoms with van der Waals surface area (Å²) in [6.45, 7) is 4.68. The van der Waals surface area contributed by atoms with Crippen molar-refractivity contribution in [3.05, 3.63) is 77.9 Å². The molecule has 0 saturated heterocycles. The Labute approximate surface area is 188 Å². The lowest BCUT2D eigenvalue weighted by atomic mass is 10.1. The summed E-state index contributed by atoms with van der Waals surface area (Å²) in [7, 11) is 1.76. The van der Waals surface area contributed by atoms with Crippen molar-refractivity contribution in [3.63, 3.8) is 0 Å². The average Bonchev–Trinajstić information content (AvgIpc) is 3.22. The molecule has 0 spiro atoms. The van der Waals surface area contributed by atoms with Gasteiger partial charge in [-0.15, -0.1) is 24.0 Å². The van der Waals surface area contributed by atoms with E-state index in [0.29, 0.717) is 26.2 Å². The van der Waals surface area contributed by atoms with Gasteiger partial charge in [0.1, 0.15) is 25.0 Å². The number of aryl methyl sites for hydroxylation is 1. The van der Waals surface area contributed by atoms with E-state index in [1.807, 2.05) is 24.3 Å². The molecule has 3 rings (SSSR count). The van der Waals surface area contributed by atoms with E-state index < -0.39 is 0 Å². The number of rotatable bonds is 8. The fourth-order valence-corrected chi connectivity index (χ4v) is 2.72. The molecule has 0 unspecified atom stereocenters. The van der Waals surface area contributed by atoms with Crippen LogP contribution in [0, 0.1) is 6.92 Å². The second-order valence-corrected chi connectivity index (χ2v) is 6.43. The fourth-order valence-electron chi connectivity index (χ4n) is 2.72. The molecule has 154 valence electrons. The minimum Gasteiger partial charge on any atom is -0.492 e. The van der Waals surface area contributed by atoms with Crippen LogP contribution in [0.25, 0.3) is 0 Å². The number of guanidine groups is 1. The van der Waals surface area contributed by atoms with Gasteiger partial charge in [0.05, 0.1) is 13.1 Å². The fraction of sp³-hybridized carbons (Fsp3) is 0.286. The van der Waals surface area contributed by atoms with Crippen LogP contribution in [0.3, 0.4) is 0 Å². The first-order valence-corrected chi connectivity index (χ1v) is 9.27. The normalized spacial score (nSPS) is 10.9. The Kier molecular flexibility index (Phi) is 9.42. The summed E-state index contributed by atoms with van der Waals surface area (Å²) in [5.41, 5.74) is 3.58. The van der Waals surface area contributed by atoms with Crippen LogP contribution < -0.4 is 15.4 Å². The zero-order valence-electron chi connectivity index (χ0n) is 16.7. The lowest BCUT2D eigenvalue weighted by Crippen LogP contribution is -2.38. The molecule has 1 aromatic heterocycles. The van der Waals surface area contributed by atoms with Gasteiger partial charge in [0, 0.05) is 13.6 Å². The topological polar surface area (TPSA) is 76.4 Å². The molecule has 0 aliphatic rings. The third-order valence-electron chi connectivity index (χ3n) is 4.17. The summed E-state index contributed by atoms with van der Waals surface area (Å²) in [5.74, 6) is 1.62. The number of hydrogen-bond donors (Lipinski definition) is 2. The van der Waals surface area contributed by atoms with E-state index in [1.165, 1.54) is 16.7 Å². The highest BCUT2D eigenvalue weighted by Crippen LogP contribution is 2.10. The Morgan fingerprint density at radius 1 is 1.10 bits per heavy atom. The minimum atomic E-state index is 0. The van der Waals surface area contributed by atoms with Gasteiger partial charge in [-0.25, -0.2) is 9.67 Å². The molecule has 0 amide bonds. The van der Waals surface area contributed by atoms with Crippen molar-refractivity contribution in [2.24, 2.45) is 4.99 Å². The Morgan fingerprint density at radius 2 is 1.90 bits per heavy atom. The summed E-state index contributed by atoms with van der Waals surface area (Å²) in [5, 5.41) is 10.7. The molecule has 7 nitrogen and oxygen atoms in total. The van der Waals surface area contributed by atoms with E-state index in [1.54, 1.807) is 24.4 Å². The summed E-state index contributed by atoms with van der Waals surface area (Å²) in [4.78, 5) is 8.23. The van der Waals surface area contributed by atoms with Crippen LogP contribution in [0.15, 0.2) is 66.2 Å². The van der Waals surface area contributed by atoms with Gasteiger partial charge in [-0.1, -0.05) is 42.0 Å². The first-order chi connectivity index (χ1) is 13.7. The molecule has 0 aliphatic carbocycles. The smallest absolute Gasteiger partial charge is 0.191 e. The number of nitrogens with zero attached hydrogens (tertiary/aromatic N) is 4. The van der Waals surface area contributed by atoms with E-state index >= 15 is 0 Å². The van der Waals surface area contributed by atoms with Gasteiger partial charge < -0.3 is 15.4 Å². The molecular formula is C21H27IN6O. The second-order valence-electron chi connectivity index (χ2n) is 6.43. The Morgan fingerprint density at radius 3 is 2.62 bits per heavy atom. The number of halogens is 1. The lowest BCUT2D eigenvalue weighted by Gasteiger charge is -2.13. The maximum atomic E-state index is 5.73. The molecule has 1 heterocycles. The second kappa shape index (κ2) is 12.1. The summed E-state index contributed by atoms with van der Waals surface area (Å²) in [6, 6.07) is 16.4. The largest absolute Gasteiger partial charge is 0.492 e. The van der Waals surface area contributed by atoms with Crippen LogP contribution in [-0.2, 0) is 13.1 Å². The average molecular weight is 506 g/mol. The van der Waals surface area contributed by atoms with Gasteiger partial charge in [0.25, 0.3) is 0 Å². The molecule has 2 aromatic carbocycles. The van der Waals surface area contributed by atoms with Crippen molar-refractivity contribution in [2.75, 3.05) is 20.2 Å². The number of benzene rings is 2. The molecule has 8 heteroatoms. The first kappa shape index (κ1) is 22.7. The predicted octanol–water partition coefficient (Wildman–Crippen LogP) is 3.00. The predicted molar refractivity (Wildman–Crippen MR) is 126 cm³/mol. The standard InChI is InChI=1S/C21H26N6O.HI/c1-17-6-8-20(9-7-17)28-11-10-24-21(22-2)25-13-18-4-3-5-19(12-18)14-27-16-23-15-26-27;/h3-9,12,15-16H,10-11,13-14H2,1-2H3,(H2,22,24,25);1H. The summed E-state index contributed by atoms with van der Waals surface area (Å²) in [6.07, 6.45) is 3.26. The third kappa shape index (κ3) is 7.72. The zero-order valence-corrected chi connectivity index (χ0v) is 19.0. The zero-order chi connectivity index (χ0) is 19.6. The molecule has 0 radical (unpaired) electrons. The minimum absolute atomic E-state index is 0. The molecule has 0 saturated carbocycles. The van der Waals surface area contributed by atoms with Crippen LogP contribution in [0.4, 0.5) is 0 Å². The van der Waals surface area contributed by atoms with Crippen molar-refractivity contribution in [2.45, 2.75) is 20.0 Å². The van der Waals surface area contributed by atoms with Gasteiger partial charge in [-0.3, -0.25) is 4.99 Å². The van der Waals surface area contributed by atoms with Crippen LogP contribution >= 0.6 is 24.0 Å². The van der Waals surface area contributed by atoms with Crippen molar-refractivity contribution in [3.8, 4) is 5.75 Å². The van der Waals surface area contributed by atoms with Gasteiger partial charge in [0.2, 0.25) is 0 Å². The molecular weight excluding hydrogens is 479 g/mol. The maximum Gasteiger partial charge on any atom is 0.191 e. The van der Waals surface area contributed by atoms with Gasteiger partial charge in [-0.05, 0) is 30.2 Å². The Hall–Kier alpha value is -2.62. The molecule has 29 heavy (non-hydrogen) atoms. The summed E-state index contributed by atoms with van der Waals surface area (Å²) < 4.78 is 7.53. The van der Waals surface area contributed by atoms with E-state index in [0.717, 1.165) is 11.7 Å². The van der Waals surface area contributed by atoms with Gasteiger partial charge >= 0.3 is 0 Å². The van der Waals surface area contributed by atoms with E-state index in [-0.39, 0.29) is 24.0 Å². The molecule has 0 aliphatic heterocycles. The van der Waals surface area contributed by atoms with E-state index in [9.17, 15) is 0 Å². The highest BCUT2D eigenvalue weighted by molar-refractivity contribution is 14.0. The van der Waals surface area contributed by atoms with Crippen molar-refractivity contribution < 1.29 is 4.74 Å². The summed E-state index contributed by atoms with van der Waals surface area (Å²) >= 11 is 0. The number of aliphatic imine (C=N–C) groups is 1. The van der Waals surface area contributed by atoms with E-state index in [4.69, 9.17) is 4.74 Å². The number of aromatic nitrogens is 3. The number of ether oxygens (including phenoxy) is 1. The molecule has 3 aromatic rings. The van der Waals surface area contributed by atoms with Crippen LogP contribution in [0.2, 0.25) is 0 Å². The maximum absolute atomic E-state index is 5.73. The highest BCUT2D eigenvalue weighted by atomic mass is 127.